The van der Waals surface area contributed by atoms with Crippen LogP contribution in [0, 0.1) is 0 Å². The number of hydrogen-bond donors (Lipinski definition) is 1. The van der Waals surface area contributed by atoms with Crippen molar-refractivity contribution in [3.05, 3.63) is 0 Å². The Kier molecular flexibility index (Phi) is 3.84. The van der Waals surface area contributed by atoms with Gasteiger partial charge in [-0.05, 0) is 25.8 Å². The van der Waals surface area contributed by atoms with Crippen molar-refractivity contribution in [2.45, 2.75) is 30.6 Å². The Morgan fingerprint density at radius 2 is 2.25 bits per heavy atom. The molecule has 0 bridgehead atoms. The molecule has 6 heteroatoms. The first kappa shape index (κ1) is 12.3. The summed E-state index contributed by atoms with van der Waals surface area (Å²) in [5, 5.41) is 2.84. The molecule has 2 aliphatic rings. The lowest BCUT2D eigenvalue weighted by Gasteiger charge is -2.23. The van der Waals surface area contributed by atoms with Gasteiger partial charge in [0.05, 0.1) is 11.4 Å². The lowest BCUT2D eigenvalue weighted by atomic mass is 10.2. The first-order valence-electron chi connectivity index (χ1n) is 5.88. The maximum Gasteiger partial charge on any atom is 0.218 e. The summed E-state index contributed by atoms with van der Waals surface area (Å²) >= 11 is 0. The van der Waals surface area contributed by atoms with Gasteiger partial charge in [-0.3, -0.25) is 0 Å². The van der Waals surface area contributed by atoms with Crippen LogP contribution >= 0.6 is 0 Å². The first-order chi connectivity index (χ1) is 7.60. The summed E-state index contributed by atoms with van der Waals surface area (Å²) in [5.41, 5.74) is 0. The van der Waals surface area contributed by atoms with E-state index in [-0.39, 0.29) is 11.4 Å². The van der Waals surface area contributed by atoms with Gasteiger partial charge >= 0.3 is 0 Å². The van der Waals surface area contributed by atoms with Crippen LogP contribution in [0.25, 0.3) is 0 Å². The van der Waals surface area contributed by atoms with Crippen LogP contribution in [-0.4, -0.2) is 57.4 Å². The van der Waals surface area contributed by atoms with E-state index in [1.54, 1.807) is 7.05 Å². The summed E-state index contributed by atoms with van der Waals surface area (Å²) in [6.07, 6.45) is 2.83. The molecular formula is C10H20N2O3S. The highest BCUT2D eigenvalue weighted by atomic mass is 32.2. The van der Waals surface area contributed by atoms with Crippen molar-refractivity contribution in [2.75, 3.05) is 33.3 Å². The molecule has 2 heterocycles. The lowest BCUT2D eigenvalue weighted by Crippen LogP contribution is -2.41. The van der Waals surface area contributed by atoms with Crippen molar-refractivity contribution in [3.8, 4) is 0 Å². The van der Waals surface area contributed by atoms with E-state index in [1.807, 2.05) is 0 Å². The molecule has 5 nitrogen and oxygen atoms in total. The summed E-state index contributed by atoms with van der Waals surface area (Å²) < 4.78 is 31.2. The zero-order valence-corrected chi connectivity index (χ0v) is 10.5. The summed E-state index contributed by atoms with van der Waals surface area (Å²) in [5.74, 6) is 0. The van der Waals surface area contributed by atoms with Gasteiger partial charge in [0, 0.05) is 26.7 Å². The molecule has 0 saturated carbocycles. The van der Waals surface area contributed by atoms with Gasteiger partial charge in [0.25, 0.3) is 0 Å². The summed E-state index contributed by atoms with van der Waals surface area (Å²) in [4.78, 5) is 0. The first-order valence-corrected chi connectivity index (χ1v) is 7.38. The predicted octanol–water partition coefficient (Wildman–Crippen LogP) is -0.211. The Hall–Kier alpha value is -0.170. The number of rotatable bonds is 4. The molecule has 0 aromatic rings. The standard InChI is InChI=1S/C10H20N2O3S/c1-12(8-9-3-2-6-15-9)16(13,14)10-4-5-11-7-10/h9-11H,2-8H2,1H3. The molecule has 2 atom stereocenters. The molecule has 2 unspecified atom stereocenters. The summed E-state index contributed by atoms with van der Waals surface area (Å²) in [6, 6.07) is 0. The van der Waals surface area contributed by atoms with Crippen LogP contribution in [0.4, 0.5) is 0 Å². The second-order valence-electron chi connectivity index (χ2n) is 4.58. The van der Waals surface area contributed by atoms with Crippen LogP contribution in [0.5, 0.6) is 0 Å². The summed E-state index contributed by atoms with van der Waals surface area (Å²) in [7, 11) is -1.47. The molecule has 0 aliphatic carbocycles. The van der Waals surface area contributed by atoms with Crippen molar-refractivity contribution in [1.29, 1.82) is 0 Å². The van der Waals surface area contributed by atoms with Gasteiger partial charge in [0.2, 0.25) is 10.0 Å². The van der Waals surface area contributed by atoms with E-state index in [9.17, 15) is 8.42 Å². The monoisotopic (exact) mass is 248 g/mol. The summed E-state index contributed by atoms with van der Waals surface area (Å²) in [6.45, 7) is 2.65. The van der Waals surface area contributed by atoms with Gasteiger partial charge in [-0.1, -0.05) is 0 Å². The maximum absolute atomic E-state index is 12.2. The largest absolute Gasteiger partial charge is 0.377 e. The third-order valence-corrected chi connectivity index (χ3v) is 5.62. The molecular weight excluding hydrogens is 228 g/mol. The van der Waals surface area contributed by atoms with Crippen LogP contribution in [-0.2, 0) is 14.8 Å². The van der Waals surface area contributed by atoms with Gasteiger partial charge in [0.1, 0.15) is 0 Å². The number of sulfonamides is 1. The minimum Gasteiger partial charge on any atom is -0.377 e. The molecule has 0 radical (unpaired) electrons. The highest BCUT2D eigenvalue weighted by molar-refractivity contribution is 7.89. The zero-order chi connectivity index (χ0) is 11.6. The molecule has 0 aromatic heterocycles. The number of likely N-dealkylation sites (N-methyl/N-ethyl adjacent to an activating group) is 1. The third-order valence-electron chi connectivity index (χ3n) is 3.36. The molecule has 0 aromatic carbocycles. The van der Waals surface area contributed by atoms with Crippen molar-refractivity contribution in [1.82, 2.24) is 9.62 Å². The van der Waals surface area contributed by atoms with Crippen LogP contribution in [0.1, 0.15) is 19.3 Å². The van der Waals surface area contributed by atoms with Crippen molar-refractivity contribution in [2.24, 2.45) is 0 Å². The van der Waals surface area contributed by atoms with E-state index in [0.29, 0.717) is 13.1 Å². The average Bonchev–Trinajstić information content (AvgIpc) is 2.89. The van der Waals surface area contributed by atoms with E-state index in [0.717, 1.165) is 32.4 Å². The van der Waals surface area contributed by atoms with Crippen LogP contribution in [0.3, 0.4) is 0 Å². The van der Waals surface area contributed by atoms with Crippen molar-refractivity contribution >= 4 is 10.0 Å². The van der Waals surface area contributed by atoms with Crippen LogP contribution < -0.4 is 5.32 Å². The minimum absolute atomic E-state index is 0.0918. The van der Waals surface area contributed by atoms with Gasteiger partial charge < -0.3 is 10.1 Å². The van der Waals surface area contributed by atoms with Gasteiger partial charge in [-0.25, -0.2) is 12.7 Å². The molecule has 2 aliphatic heterocycles. The van der Waals surface area contributed by atoms with E-state index in [4.69, 9.17) is 4.74 Å². The molecule has 0 spiro atoms. The topological polar surface area (TPSA) is 58.6 Å². The minimum atomic E-state index is -3.14. The quantitative estimate of drug-likeness (QED) is 0.748. The molecule has 94 valence electrons. The predicted molar refractivity (Wildman–Crippen MR) is 61.8 cm³/mol. The Labute approximate surface area is 97.2 Å². The van der Waals surface area contributed by atoms with E-state index < -0.39 is 10.0 Å². The molecule has 2 rings (SSSR count). The Balaban J connectivity index is 1.93. The van der Waals surface area contributed by atoms with Crippen molar-refractivity contribution < 1.29 is 13.2 Å². The fraction of sp³-hybridized carbons (Fsp3) is 1.00. The number of hydrogen-bond acceptors (Lipinski definition) is 4. The van der Waals surface area contributed by atoms with Gasteiger partial charge in [-0.15, -0.1) is 0 Å². The van der Waals surface area contributed by atoms with Gasteiger partial charge in [-0.2, -0.15) is 0 Å². The highest BCUT2D eigenvalue weighted by Gasteiger charge is 2.33. The number of ether oxygens (including phenoxy) is 1. The van der Waals surface area contributed by atoms with Crippen LogP contribution in [0.2, 0.25) is 0 Å². The Morgan fingerprint density at radius 1 is 1.44 bits per heavy atom. The smallest absolute Gasteiger partial charge is 0.218 e. The molecule has 2 fully saturated rings. The van der Waals surface area contributed by atoms with Crippen molar-refractivity contribution in [3.63, 3.8) is 0 Å². The molecule has 0 amide bonds. The third kappa shape index (κ3) is 2.56. The van der Waals surface area contributed by atoms with E-state index in [1.165, 1.54) is 4.31 Å². The highest BCUT2D eigenvalue weighted by Crippen LogP contribution is 2.18. The molecule has 2 saturated heterocycles. The number of nitrogens with zero attached hydrogens (tertiary/aromatic N) is 1. The van der Waals surface area contributed by atoms with Crippen LogP contribution in [0.15, 0.2) is 0 Å². The normalized spacial score (nSPS) is 31.4. The maximum atomic E-state index is 12.2. The SMILES string of the molecule is CN(CC1CCCO1)S(=O)(=O)C1CCNC1. The second kappa shape index (κ2) is 5.00. The lowest BCUT2D eigenvalue weighted by molar-refractivity contribution is 0.0977. The second-order valence-corrected chi connectivity index (χ2v) is 6.90. The average molecular weight is 248 g/mol. The molecule has 1 N–H and O–H groups in total. The fourth-order valence-electron chi connectivity index (χ4n) is 2.32. The zero-order valence-electron chi connectivity index (χ0n) is 9.68. The van der Waals surface area contributed by atoms with E-state index >= 15 is 0 Å². The Bertz CT molecular complexity index is 319. The molecule has 16 heavy (non-hydrogen) atoms. The Morgan fingerprint density at radius 3 is 2.81 bits per heavy atom. The fourth-order valence-corrected chi connectivity index (χ4v) is 3.94. The van der Waals surface area contributed by atoms with Gasteiger partial charge in [0.15, 0.2) is 0 Å². The van der Waals surface area contributed by atoms with E-state index in [2.05, 4.69) is 5.32 Å². The number of nitrogens with one attached hydrogen (secondary N) is 1.